The lowest BCUT2D eigenvalue weighted by Gasteiger charge is -2.19. The fraction of sp³-hybridized carbons (Fsp3) is 0.312. The van der Waals surface area contributed by atoms with Gasteiger partial charge in [-0.15, -0.1) is 0 Å². The molecule has 1 atom stereocenters. The van der Waals surface area contributed by atoms with Crippen LogP contribution >= 0.6 is 11.6 Å². The number of benzene rings is 1. The second-order valence-electron chi connectivity index (χ2n) is 4.92. The molecule has 1 amide bonds. The lowest BCUT2D eigenvalue weighted by atomic mass is 10.0. The van der Waals surface area contributed by atoms with Crippen molar-refractivity contribution in [1.82, 2.24) is 15.3 Å². The third kappa shape index (κ3) is 4.26. The Morgan fingerprint density at radius 1 is 1.36 bits per heavy atom. The van der Waals surface area contributed by atoms with E-state index in [2.05, 4.69) is 15.3 Å². The molecule has 0 spiro atoms. The first kappa shape index (κ1) is 16.4. The fourth-order valence-electron chi connectivity index (χ4n) is 2.14. The predicted octanol–water partition coefficient (Wildman–Crippen LogP) is 2.68. The minimum absolute atomic E-state index is 0.0760. The van der Waals surface area contributed by atoms with Crippen LogP contribution in [0.3, 0.4) is 0 Å². The largest absolute Gasteiger partial charge is 0.396 e. The molecule has 2 aromatic rings. The van der Waals surface area contributed by atoms with Gasteiger partial charge >= 0.3 is 0 Å². The molecule has 1 aromatic heterocycles. The van der Waals surface area contributed by atoms with E-state index in [0.717, 1.165) is 5.56 Å². The smallest absolute Gasteiger partial charge is 0.272 e. The number of hydrogen-bond acceptors (Lipinski definition) is 4. The van der Waals surface area contributed by atoms with E-state index in [0.29, 0.717) is 18.7 Å². The van der Waals surface area contributed by atoms with Gasteiger partial charge in [-0.2, -0.15) is 0 Å². The number of aryl methyl sites for hydroxylation is 1. The van der Waals surface area contributed by atoms with E-state index < -0.39 is 0 Å². The lowest BCUT2D eigenvalue weighted by Crippen LogP contribution is -2.30. The lowest BCUT2D eigenvalue weighted by molar-refractivity contribution is 0.0927. The van der Waals surface area contributed by atoms with E-state index in [-0.39, 0.29) is 29.3 Å². The summed E-state index contributed by atoms with van der Waals surface area (Å²) in [5.41, 5.74) is 1.14. The summed E-state index contributed by atoms with van der Waals surface area (Å²) < 4.78 is 0. The van der Waals surface area contributed by atoms with Gasteiger partial charge in [-0.05, 0) is 25.3 Å². The van der Waals surface area contributed by atoms with Crippen LogP contribution in [0.4, 0.5) is 0 Å². The van der Waals surface area contributed by atoms with Crippen molar-refractivity contribution in [2.45, 2.75) is 25.8 Å². The highest BCUT2D eigenvalue weighted by Gasteiger charge is 2.19. The van der Waals surface area contributed by atoms with Gasteiger partial charge in [-0.25, -0.2) is 9.97 Å². The number of rotatable bonds is 6. The second kappa shape index (κ2) is 7.87. The van der Waals surface area contributed by atoms with Crippen LogP contribution in [0.2, 0.25) is 5.02 Å². The standard InChI is InChI=1S/C16H18ClN3O2/c1-11-18-10-13(17)15(19-11)16(22)20-14(8-5-9-21)12-6-3-2-4-7-12/h2-4,6-7,10,14,21H,5,8-9H2,1H3,(H,20,22). The molecule has 0 aliphatic heterocycles. The number of amides is 1. The number of halogens is 1. The number of aliphatic hydroxyl groups excluding tert-OH is 1. The van der Waals surface area contributed by atoms with Crippen molar-refractivity contribution in [2.75, 3.05) is 6.61 Å². The molecule has 0 aliphatic carbocycles. The molecule has 1 aromatic carbocycles. The fourth-order valence-corrected chi connectivity index (χ4v) is 2.32. The number of aliphatic hydroxyl groups is 1. The molecule has 5 nitrogen and oxygen atoms in total. The Hall–Kier alpha value is -1.98. The van der Waals surface area contributed by atoms with Crippen molar-refractivity contribution in [3.8, 4) is 0 Å². The summed E-state index contributed by atoms with van der Waals surface area (Å²) in [4.78, 5) is 20.5. The molecule has 116 valence electrons. The first-order chi connectivity index (χ1) is 10.6. The minimum Gasteiger partial charge on any atom is -0.396 e. The van der Waals surface area contributed by atoms with Crippen molar-refractivity contribution in [2.24, 2.45) is 0 Å². The molecular weight excluding hydrogens is 302 g/mol. The molecule has 0 aliphatic rings. The highest BCUT2D eigenvalue weighted by molar-refractivity contribution is 6.33. The van der Waals surface area contributed by atoms with Gasteiger partial charge < -0.3 is 10.4 Å². The molecule has 2 N–H and O–H groups in total. The molecule has 6 heteroatoms. The molecule has 1 unspecified atom stereocenters. The Morgan fingerprint density at radius 2 is 2.09 bits per heavy atom. The Bertz CT molecular complexity index is 635. The van der Waals surface area contributed by atoms with Crippen LogP contribution in [-0.2, 0) is 0 Å². The molecule has 2 rings (SSSR count). The normalized spacial score (nSPS) is 12.0. The summed E-state index contributed by atoms with van der Waals surface area (Å²) in [7, 11) is 0. The average molecular weight is 320 g/mol. The van der Waals surface area contributed by atoms with Gasteiger partial charge in [0.05, 0.1) is 17.3 Å². The van der Waals surface area contributed by atoms with Crippen LogP contribution in [0.5, 0.6) is 0 Å². The molecule has 1 heterocycles. The van der Waals surface area contributed by atoms with Crippen molar-refractivity contribution in [3.05, 3.63) is 58.6 Å². The van der Waals surface area contributed by atoms with Crippen molar-refractivity contribution in [1.29, 1.82) is 0 Å². The van der Waals surface area contributed by atoms with E-state index in [1.54, 1.807) is 6.92 Å². The van der Waals surface area contributed by atoms with Gasteiger partial charge in [-0.1, -0.05) is 41.9 Å². The van der Waals surface area contributed by atoms with E-state index in [1.807, 2.05) is 30.3 Å². The van der Waals surface area contributed by atoms with Crippen molar-refractivity contribution in [3.63, 3.8) is 0 Å². The van der Waals surface area contributed by atoms with Gasteiger partial charge in [0.25, 0.3) is 5.91 Å². The first-order valence-electron chi connectivity index (χ1n) is 7.07. The van der Waals surface area contributed by atoms with Crippen LogP contribution in [0.15, 0.2) is 36.5 Å². The van der Waals surface area contributed by atoms with Gasteiger partial charge in [0.2, 0.25) is 0 Å². The van der Waals surface area contributed by atoms with Crippen LogP contribution < -0.4 is 5.32 Å². The van der Waals surface area contributed by atoms with Gasteiger partial charge in [0.1, 0.15) is 11.5 Å². The Labute approximate surface area is 134 Å². The Balaban J connectivity index is 2.19. The number of aromatic nitrogens is 2. The molecule has 0 bridgehead atoms. The average Bonchev–Trinajstić information content (AvgIpc) is 2.54. The molecule has 0 saturated heterocycles. The summed E-state index contributed by atoms with van der Waals surface area (Å²) in [6.07, 6.45) is 2.65. The summed E-state index contributed by atoms with van der Waals surface area (Å²) in [5.74, 6) is 0.142. The third-order valence-corrected chi connectivity index (χ3v) is 3.51. The van der Waals surface area contributed by atoms with Gasteiger partial charge in [0.15, 0.2) is 0 Å². The van der Waals surface area contributed by atoms with Crippen molar-refractivity contribution >= 4 is 17.5 Å². The zero-order chi connectivity index (χ0) is 15.9. The summed E-state index contributed by atoms with van der Waals surface area (Å²) in [6.45, 7) is 1.78. The maximum absolute atomic E-state index is 12.4. The minimum atomic E-state index is -0.345. The molecule has 0 saturated carbocycles. The Morgan fingerprint density at radius 3 is 2.77 bits per heavy atom. The zero-order valence-electron chi connectivity index (χ0n) is 12.3. The number of carbonyl (C=O) groups excluding carboxylic acids is 1. The summed E-state index contributed by atoms with van der Waals surface area (Å²) in [6, 6.07) is 9.42. The quantitative estimate of drug-likeness (QED) is 0.858. The highest BCUT2D eigenvalue weighted by atomic mass is 35.5. The number of carbonyl (C=O) groups is 1. The number of hydrogen-bond donors (Lipinski definition) is 2. The summed E-state index contributed by atoms with van der Waals surface area (Å²) >= 11 is 6.00. The van der Waals surface area contributed by atoms with Crippen LogP contribution in [-0.4, -0.2) is 27.6 Å². The van der Waals surface area contributed by atoms with E-state index >= 15 is 0 Å². The predicted molar refractivity (Wildman–Crippen MR) is 84.7 cm³/mol. The molecular formula is C16H18ClN3O2. The number of nitrogens with one attached hydrogen (secondary N) is 1. The Kier molecular flexibility index (Phi) is 5.86. The maximum atomic E-state index is 12.4. The SMILES string of the molecule is Cc1ncc(Cl)c(C(=O)NC(CCCO)c2ccccc2)n1. The van der Waals surface area contributed by atoms with Gasteiger partial charge in [0, 0.05) is 6.61 Å². The third-order valence-electron chi connectivity index (χ3n) is 3.24. The van der Waals surface area contributed by atoms with Crippen molar-refractivity contribution < 1.29 is 9.90 Å². The zero-order valence-corrected chi connectivity index (χ0v) is 13.0. The van der Waals surface area contributed by atoms with Crippen LogP contribution in [0.1, 0.15) is 40.8 Å². The maximum Gasteiger partial charge on any atom is 0.272 e. The number of nitrogens with zero attached hydrogens (tertiary/aromatic N) is 2. The highest BCUT2D eigenvalue weighted by Crippen LogP contribution is 2.20. The van der Waals surface area contributed by atoms with Crippen LogP contribution in [0.25, 0.3) is 0 Å². The van der Waals surface area contributed by atoms with E-state index in [4.69, 9.17) is 16.7 Å². The van der Waals surface area contributed by atoms with Crippen LogP contribution in [0, 0.1) is 6.92 Å². The molecule has 0 radical (unpaired) electrons. The summed E-state index contributed by atoms with van der Waals surface area (Å²) in [5, 5.41) is 12.2. The monoisotopic (exact) mass is 319 g/mol. The topological polar surface area (TPSA) is 75.1 Å². The van der Waals surface area contributed by atoms with E-state index in [9.17, 15) is 4.79 Å². The molecule has 0 fully saturated rings. The van der Waals surface area contributed by atoms with Gasteiger partial charge in [-0.3, -0.25) is 4.79 Å². The van der Waals surface area contributed by atoms with E-state index in [1.165, 1.54) is 6.20 Å². The first-order valence-corrected chi connectivity index (χ1v) is 7.45. The molecule has 22 heavy (non-hydrogen) atoms. The second-order valence-corrected chi connectivity index (χ2v) is 5.32.